The average Bonchev–Trinajstić information content (AvgIpc) is 3.90. The van der Waals surface area contributed by atoms with Gasteiger partial charge >= 0.3 is 21.1 Å². The van der Waals surface area contributed by atoms with Crippen LogP contribution in [0.2, 0.25) is 0 Å². The Morgan fingerprint density at radius 2 is 1.39 bits per heavy atom. The first kappa shape index (κ1) is 31.7. The van der Waals surface area contributed by atoms with Crippen molar-refractivity contribution in [2.45, 2.75) is 72.0 Å². The predicted octanol–water partition coefficient (Wildman–Crippen LogP) is 11.4. The molecular weight excluding hydrogens is 872 g/mol. The number of hydrogen-bond donors (Lipinski definition) is 0. The number of fused-ring (bicyclic) bond motifs is 7. The molecule has 0 radical (unpaired) electrons. The smallest absolute Gasteiger partial charge is 0.509 e. The molecule has 0 saturated heterocycles. The topological polar surface area (TPSA) is 62.7 Å². The third kappa shape index (κ3) is 5.95. The maximum atomic E-state index is 8.85. The second-order valence-electron chi connectivity index (χ2n) is 14.6. The van der Waals surface area contributed by atoms with Gasteiger partial charge in [0.2, 0.25) is 0 Å². The molecule has 8 heteroatoms. The summed E-state index contributed by atoms with van der Waals surface area (Å²) in [7, 11) is 0. The number of pyridine rings is 1. The Labute approximate surface area is 346 Å². The summed E-state index contributed by atoms with van der Waals surface area (Å²) in [6.45, 7) is 7.43. The van der Waals surface area contributed by atoms with Gasteiger partial charge in [-0.05, 0) is 78.7 Å². The summed E-state index contributed by atoms with van der Waals surface area (Å²) in [5.41, 5.74) is 8.79. The van der Waals surface area contributed by atoms with Crippen molar-refractivity contribution in [2.75, 3.05) is 0 Å². The molecule has 280 valence electrons. The fourth-order valence-electron chi connectivity index (χ4n) is 8.23. The minimum atomic E-state index is -1.67. The maximum absolute atomic E-state index is 8.85. The SMILES string of the molecule is [2H]C([2H])(C)c1cccc2c3cccc(C([2H])([2H])C)c3n(-c3ccnc(-n4c5[c-]c(Oc6[c-]c(-n7nc8c(n7)CCCC8)cc(C(C)C)c6)ccc5c5ccccc54)c3)c12.[Pt+2]. The van der Waals surface area contributed by atoms with Crippen LogP contribution in [0, 0.1) is 12.1 Å². The average molecular weight is 918 g/mol. The standard InChI is InChI=1S/C48H42N6O.Pt/c1-5-31-13-11-16-40-41-17-12-14-32(6-2)48(41)52(47(31)40)34-23-24-49-46(28-34)53-44-20-10-7-15-38(44)39-22-21-36(29-45(39)53)55-37-26-33(30(3)4)25-35(27-37)54-50-42-18-8-9-19-43(42)51-54;/h7,10-17,20-26,28,30H,5-6,8-9,18-19H2,1-4H3;/q-2;+2/i5D2,6D2;. The van der Waals surface area contributed by atoms with E-state index < -0.39 is 12.7 Å². The Morgan fingerprint density at radius 3 is 2.07 bits per heavy atom. The molecule has 5 aromatic carbocycles. The molecule has 0 saturated carbocycles. The summed E-state index contributed by atoms with van der Waals surface area (Å²) >= 11 is 0. The molecule has 0 unspecified atom stereocenters. The minimum absolute atomic E-state index is 0. The van der Waals surface area contributed by atoms with Crippen LogP contribution in [0.4, 0.5) is 0 Å². The summed E-state index contributed by atoms with van der Waals surface area (Å²) in [5.74, 6) is 1.91. The van der Waals surface area contributed by atoms with Gasteiger partial charge in [-0.1, -0.05) is 87.8 Å². The van der Waals surface area contributed by atoms with Crippen LogP contribution < -0.4 is 4.74 Å². The third-order valence-corrected chi connectivity index (χ3v) is 10.9. The molecule has 4 aromatic heterocycles. The van der Waals surface area contributed by atoms with Crippen molar-refractivity contribution >= 4 is 43.6 Å². The van der Waals surface area contributed by atoms with Crippen molar-refractivity contribution < 1.29 is 31.3 Å². The molecule has 0 atom stereocenters. The van der Waals surface area contributed by atoms with Gasteiger partial charge in [-0.25, -0.2) is 4.98 Å². The van der Waals surface area contributed by atoms with Gasteiger partial charge in [0.15, 0.2) is 0 Å². The second kappa shape index (κ2) is 14.5. The van der Waals surface area contributed by atoms with Crippen LogP contribution in [0.25, 0.3) is 60.8 Å². The van der Waals surface area contributed by atoms with Crippen molar-refractivity contribution in [2.24, 2.45) is 0 Å². The van der Waals surface area contributed by atoms with Crippen molar-refractivity contribution in [3.05, 3.63) is 143 Å². The largest absolute Gasteiger partial charge is 2.00 e. The van der Waals surface area contributed by atoms with E-state index in [1.165, 1.54) is 0 Å². The maximum Gasteiger partial charge on any atom is 2.00 e. The number of hydrogen-bond acceptors (Lipinski definition) is 4. The fourth-order valence-corrected chi connectivity index (χ4v) is 8.23. The number of ether oxygens (including phenoxy) is 1. The van der Waals surface area contributed by atoms with E-state index in [9.17, 15) is 0 Å². The van der Waals surface area contributed by atoms with Gasteiger partial charge in [-0.15, -0.1) is 41.3 Å². The number of benzene rings is 5. The van der Waals surface area contributed by atoms with Crippen molar-refractivity contribution in [3.63, 3.8) is 0 Å². The van der Waals surface area contributed by atoms with E-state index in [0.29, 0.717) is 39.5 Å². The van der Waals surface area contributed by atoms with Crippen molar-refractivity contribution in [1.82, 2.24) is 29.1 Å². The van der Waals surface area contributed by atoms with E-state index in [2.05, 4.69) is 54.8 Å². The van der Waals surface area contributed by atoms with E-state index in [4.69, 9.17) is 25.4 Å². The van der Waals surface area contributed by atoms with Gasteiger partial charge in [0.1, 0.15) is 5.82 Å². The number of para-hydroxylation sites is 3. The molecule has 9 aromatic rings. The molecule has 0 N–H and O–H groups in total. The summed E-state index contributed by atoms with van der Waals surface area (Å²) in [5, 5.41) is 13.4. The summed E-state index contributed by atoms with van der Waals surface area (Å²) in [4.78, 5) is 6.63. The van der Waals surface area contributed by atoms with Crippen LogP contribution in [-0.4, -0.2) is 29.1 Å². The summed E-state index contributed by atoms with van der Waals surface area (Å²) < 4.78 is 46.1. The third-order valence-electron chi connectivity index (χ3n) is 10.9. The van der Waals surface area contributed by atoms with E-state index in [-0.39, 0.29) is 27.0 Å². The predicted molar refractivity (Wildman–Crippen MR) is 222 cm³/mol. The normalized spacial score (nSPS) is 14.4. The molecule has 0 fully saturated rings. The molecule has 1 aliphatic rings. The van der Waals surface area contributed by atoms with Crippen molar-refractivity contribution in [1.29, 1.82) is 0 Å². The number of aromatic nitrogens is 6. The zero-order valence-electron chi connectivity index (χ0n) is 35.6. The first-order valence-corrected chi connectivity index (χ1v) is 19.0. The Hall–Kier alpha value is -5.52. The molecular formula is C48H42N6OPt. The van der Waals surface area contributed by atoms with Crippen LogP contribution in [0.15, 0.2) is 103 Å². The van der Waals surface area contributed by atoms with Gasteiger partial charge in [-0.3, -0.25) is 0 Å². The van der Waals surface area contributed by atoms with Crippen LogP contribution in [-0.2, 0) is 46.7 Å². The van der Waals surface area contributed by atoms with E-state index in [1.807, 2.05) is 77.4 Å². The van der Waals surface area contributed by atoms with Gasteiger partial charge in [0.05, 0.1) is 28.1 Å². The van der Waals surface area contributed by atoms with Gasteiger partial charge < -0.3 is 13.9 Å². The summed E-state index contributed by atoms with van der Waals surface area (Å²) in [6.07, 6.45) is 2.54. The molecule has 0 spiro atoms. The number of nitrogens with zero attached hydrogens (tertiary/aromatic N) is 6. The number of rotatable bonds is 8. The molecule has 10 rings (SSSR count). The molecule has 1 aliphatic carbocycles. The molecule has 7 nitrogen and oxygen atoms in total. The fraction of sp³-hybridized carbons (Fsp3) is 0.229. The monoisotopic (exact) mass is 917 g/mol. The Bertz CT molecular complexity index is 3020. The zero-order chi connectivity index (χ0) is 40.8. The van der Waals surface area contributed by atoms with Gasteiger partial charge in [-0.2, -0.15) is 21.1 Å². The molecule has 0 bridgehead atoms. The van der Waals surface area contributed by atoms with Crippen LogP contribution in [0.3, 0.4) is 0 Å². The Kier molecular flexibility index (Phi) is 8.21. The first-order valence-electron chi connectivity index (χ1n) is 21.0. The van der Waals surface area contributed by atoms with Crippen molar-refractivity contribution in [3.8, 4) is 28.7 Å². The molecule has 0 aliphatic heterocycles. The minimum Gasteiger partial charge on any atom is -0.509 e. The molecule has 0 amide bonds. The first-order chi connectivity index (χ1) is 28.3. The molecule has 56 heavy (non-hydrogen) atoms. The quantitative estimate of drug-likeness (QED) is 0.143. The summed E-state index contributed by atoms with van der Waals surface area (Å²) in [6, 6.07) is 38.5. The zero-order valence-corrected chi connectivity index (χ0v) is 33.9. The second-order valence-corrected chi connectivity index (χ2v) is 14.6. The Balaban J connectivity index is 0.00000462. The van der Waals surface area contributed by atoms with Crippen LogP contribution in [0.5, 0.6) is 11.5 Å². The Morgan fingerprint density at radius 1 is 0.714 bits per heavy atom. The van der Waals surface area contributed by atoms with E-state index >= 15 is 0 Å². The van der Waals surface area contributed by atoms with Crippen LogP contribution in [0.1, 0.15) is 80.0 Å². The van der Waals surface area contributed by atoms with E-state index in [0.717, 1.165) is 86.6 Å². The number of aryl methyl sites for hydroxylation is 4. The van der Waals surface area contributed by atoms with Gasteiger partial charge in [0, 0.05) is 45.5 Å². The van der Waals surface area contributed by atoms with Gasteiger partial charge in [0.25, 0.3) is 0 Å². The molecule has 4 heterocycles. The van der Waals surface area contributed by atoms with Crippen LogP contribution >= 0.6 is 0 Å². The van der Waals surface area contributed by atoms with E-state index in [1.54, 1.807) is 24.8 Å².